The first-order valence-electron chi connectivity index (χ1n) is 10.3. The summed E-state index contributed by atoms with van der Waals surface area (Å²) in [5.41, 5.74) is 4.65. The number of nitrogens with one attached hydrogen (secondary N) is 1. The van der Waals surface area contributed by atoms with E-state index < -0.39 is 0 Å². The molecule has 6 heteroatoms. The molecule has 1 aliphatic rings. The quantitative estimate of drug-likeness (QED) is 0.709. The van der Waals surface area contributed by atoms with E-state index in [-0.39, 0.29) is 0 Å². The standard InChI is InChI=1S/C23H28N6/c1-4-19-9-7-8-17(2)22(19)26-20-16-18(3)25-23(27-20)29-14-12-28(13-15-29)21-10-5-6-11-24-21/h5-11,16H,4,12-15H2,1-3H3,(H,25,26,27). The molecule has 0 atom stereocenters. The van der Waals surface area contributed by atoms with Crippen molar-refractivity contribution in [1.29, 1.82) is 0 Å². The summed E-state index contributed by atoms with van der Waals surface area (Å²) in [6.45, 7) is 9.92. The number of benzene rings is 1. The molecule has 29 heavy (non-hydrogen) atoms. The molecule has 0 spiro atoms. The highest BCUT2D eigenvalue weighted by Gasteiger charge is 2.20. The number of hydrogen-bond acceptors (Lipinski definition) is 6. The van der Waals surface area contributed by atoms with Crippen molar-refractivity contribution in [3.63, 3.8) is 0 Å². The lowest BCUT2D eigenvalue weighted by molar-refractivity contribution is 0.634. The molecule has 2 aromatic heterocycles. The van der Waals surface area contributed by atoms with Crippen LogP contribution >= 0.6 is 0 Å². The highest BCUT2D eigenvalue weighted by Crippen LogP contribution is 2.26. The number of hydrogen-bond donors (Lipinski definition) is 1. The van der Waals surface area contributed by atoms with Crippen LogP contribution in [0.25, 0.3) is 0 Å². The highest BCUT2D eigenvalue weighted by atomic mass is 15.3. The maximum absolute atomic E-state index is 4.84. The molecule has 1 saturated heterocycles. The number of rotatable bonds is 5. The van der Waals surface area contributed by atoms with Gasteiger partial charge in [-0.1, -0.05) is 31.2 Å². The summed E-state index contributed by atoms with van der Waals surface area (Å²) in [7, 11) is 0. The largest absolute Gasteiger partial charge is 0.353 e. The number of anilines is 4. The molecule has 3 heterocycles. The van der Waals surface area contributed by atoms with Crippen LogP contribution in [0, 0.1) is 13.8 Å². The highest BCUT2D eigenvalue weighted by molar-refractivity contribution is 5.65. The molecule has 1 aromatic carbocycles. The molecule has 3 aromatic rings. The summed E-state index contributed by atoms with van der Waals surface area (Å²) in [4.78, 5) is 18.6. The Labute approximate surface area is 172 Å². The van der Waals surface area contributed by atoms with Crippen molar-refractivity contribution in [1.82, 2.24) is 15.0 Å². The van der Waals surface area contributed by atoms with Crippen LogP contribution in [0.2, 0.25) is 0 Å². The molecule has 1 fully saturated rings. The van der Waals surface area contributed by atoms with Gasteiger partial charge in [0.2, 0.25) is 5.95 Å². The zero-order valence-corrected chi connectivity index (χ0v) is 17.4. The van der Waals surface area contributed by atoms with E-state index in [0.717, 1.165) is 61.6 Å². The number of piperazine rings is 1. The van der Waals surface area contributed by atoms with Gasteiger partial charge >= 0.3 is 0 Å². The van der Waals surface area contributed by atoms with Gasteiger partial charge < -0.3 is 15.1 Å². The molecule has 0 aliphatic carbocycles. The van der Waals surface area contributed by atoms with Crippen LogP contribution < -0.4 is 15.1 Å². The smallest absolute Gasteiger partial charge is 0.227 e. The predicted molar refractivity (Wildman–Crippen MR) is 119 cm³/mol. The number of aromatic nitrogens is 3. The molecule has 150 valence electrons. The Hall–Kier alpha value is -3.15. The summed E-state index contributed by atoms with van der Waals surface area (Å²) in [5, 5.41) is 3.55. The lowest BCUT2D eigenvalue weighted by Crippen LogP contribution is -2.47. The fourth-order valence-corrected chi connectivity index (χ4v) is 3.76. The average Bonchev–Trinajstić information content (AvgIpc) is 2.75. The second-order valence-electron chi connectivity index (χ2n) is 7.44. The Balaban J connectivity index is 1.51. The van der Waals surface area contributed by atoms with Gasteiger partial charge in [-0.3, -0.25) is 0 Å². The minimum absolute atomic E-state index is 0.791. The lowest BCUT2D eigenvalue weighted by Gasteiger charge is -2.35. The third kappa shape index (κ3) is 4.31. The van der Waals surface area contributed by atoms with Crippen LogP contribution in [0.3, 0.4) is 0 Å². The number of para-hydroxylation sites is 1. The number of pyridine rings is 1. The van der Waals surface area contributed by atoms with Crippen molar-refractivity contribution in [2.24, 2.45) is 0 Å². The fourth-order valence-electron chi connectivity index (χ4n) is 3.76. The van der Waals surface area contributed by atoms with E-state index >= 15 is 0 Å². The second kappa shape index (κ2) is 8.47. The first-order chi connectivity index (χ1) is 14.1. The number of nitrogens with zero attached hydrogens (tertiary/aromatic N) is 5. The van der Waals surface area contributed by atoms with E-state index in [4.69, 9.17) is 9.97 Å². The van der Waals surface area contributed by atoms with Crippen molar-refractivity contribution in [3.05, 3.63) is 65.5 Å². The van der Waals surface area contributed by atoms with E-state index in [1.165, 1.54) is 11.1 Å². The zero-order valence-electron chi connectivity index (χ0n) is 17.4. The Morgan fingerprint density at radius 3 is 2.45 bits per heavy atom. The molecule has 0 bridgehead atoms. The van der Waals surface area contributed by atoms with Gasteiger partial charge in [-0.2, -0.15) is 4.98 Å². The SMILES string of the molecule is CCc1cccc(C)c1Nc1cc(C)nc(N2CCN(c3ccccn3)CC2)n1. The fraction of sp³-hybridized carbons (Fsp3) is 0.348. The van der Waals surface area contributed by atoms with Gasteiger partial charge in [0.05, 0.1) is 0 Å². The van der Waals surface area contributed by atoms with E-state index in [0.29, 0.717) is 0 Å². The van der Waals surface area contributed by atoms with Crippen molar-refractivity contribution in [2.75, 3.05) is 41.3 Å². The van der Waals surface area contributed by atoms with Gasteiger partial charge in [0.25, 0.3) is 0 Å². The minimum atomic E-state index is 0.791. The summed E-state index contributed by atoms with van der Waals surface area (Å²) in [6.07, 6.45) is 2.83. The summed E-state index contributed by atoms with van der Waals surface area (Å²) < 4.78 is 0. The minimum Gasteiger partial charge on any atom is -0.353 e. The maximum atomic E-state index is 4.84. The molecule has 0 radical (unpaired) electrons. The van der Waals surface area contributed by atoms with Gasteiger partial charge in [0.15, 0.2) is 0 Å². The van der Waals surface area contributed by atoms with Gasteiger partial charge in [0, 0.05) is 49.8 Å². The van der Waals surface area contributed by atoms with Crippen LogP contribution in [0.1, 0.15) is 23.7 Å². The molecular formula is C23H28N6. The predicted octanol–water partition coefficient (Wildman–Crippen LogP) is 4.12. The van der Waals surface area contributed by atoms with E-state index in [2.05, 4.69) is 58.2 Å². The molecule has 6 nitrogen and oxygen atoms in total. The van der Waals surface area contributed by atoms with Crippen LogP contribution in [-0.2, 0) is 6.42 Å². The van der Waals surface area contributed by atoms with E-state index in [1.807, 2.05) is 31.3 Å². The molecule has 1 N–H and O–H groups in total. The van der Waals surface area contributed by atoms with E-state index in [1.54, 1.807) is 0 Å². The lowest BCUT2D eigenvalue weighted by atomic mass is 10.1. The topological polar surface area (TPSA) is 57.2 Å². The van der Waals surface area contributed by atoms with Crippen molar-refractivity contribution >= 4 is 23.3 Å². The van der Waals surface area contributed by atoms with Crippen LogP contribution in [0.15, 0.2) is 48.7 Å². The Morgan fingerprint density at radius 2 is 1.72 bits per heavy atom. The van der Waals surface area contributed by atoms with Crippen molar-refractivity contribution in [2.45, 2.75) is 27.2 Å². The third-order valence-electron chi connectivity index (χ3n) is 5.37. The van der Waals surface area contributed by atoms with Crippen LogP contribution in [0.5, 0.6) is 0 Å². The van der Waals surface area contributed by atoms with Crippen molar-refractivity contribution in [3.8, 4) is 0 Å². The molecular weight excluding hydrogens is 360 g/mol. The molecule has 0 saturated carbocycles. The molecule has 1 aliphatic heterocycles. The van der Waals surface area contributed by atoms with Gasteiger partial charge in [0.1, 0.15) is 11.6 Å². The summed E-state index contributed by atoms with van der Waals surface area (Å²) >= 11 is 0. The zero-order chi connectivity index (χ0) is 20.2. The second-order valence-corrected chi connectivity index (χ2v) is 7.44. The normalized spacial score (nSPS) is 14.2. The van der Waals surface area contributed by atoms with Gasteiger partial charge in [-0.05, 0) is 43.5 Å². The van der Waals surface area contributed by atoms with Crippen LogP contribution in [0.4, 0.5) is 23.3 Å². The summed E-state index contributed by atoms with van der Waals surface area (Å²) in [6, 6.07) is 14.5. The first-order valence-corrected chi connectivity index (χ1v) is 10.3. The van der Waals surface area contributed by atoms with Crippen LogP contribution in [-0.4, -0.2) is 41.1 Å². The Bertz CT molecular complexity index is 964. The average molecular weight is 389 g/mol. The molecule has 0 amide bonds. The maximum Gasteiger partial charge on any atom is 0.227 e. The van der Waals surface area contributed by atoms with Gasteiger partial charge in [-0.25, -0.2) is 9.97 Å². The Kier molecular flexibility index (Phi) is 5.60. The van der Waals surface area contributed by atoms with E-state index in [9.17, 15) is 0 Å². The summed E-state index contributed by atoms with van der Waals surface area (Å²) in [5.74, 6) is 2.68. The number of aryl methyl sites for hydroxylation is 3. The third-order valence-corrected chi connectivity index (χ3v) is 5.37. The molecule has 0 unspecified atom stereocenters. The molecule has 4 rings (SSSR count). The van der Waals surface area contributed by atoms with Gasteiger partial charge in [-0.15, -0.1) is 0 Å². The Morgan fingerprint density at radius 1 is 0.931 bits per heavy atom. The van der Waals surface area contributed by atoms with Crippen molar-refractivity contribution < 1.29 is 0 Å². The monoisotopic (exact) mass is 388 g/mol. The first kappa shape index (κ1) is 19.2.